The van der Waals surface area contributed by atoms with Crippen LogP contribution in [-0.2, 0) is 13.5 Å². The Kier molecular flexibility index (Phi) is 4.45. The van der Waals surface area contributed by atoms with Crippen LogP contribution in [0.3, 0.4) is 0 Å². The van der Waals surface area contributed by atoms with Crippen LogP contribution in [0.2, 0.25) is 0 Å². The minimum absolute atomic E-state index is 0.219. The van der Waals surface area contributed by atoms with E-state index < -0.39 is 0 Å². The molecule has 2 N–H and O–H groups in total. The Morgan fingerprint density at radius 2 is 1.90 bits per heavy atom. The first kappa shape index (κ1) is 18.8. The van der Waals surface area contributed by atoms with Gasteiger partial charge in [-0.3, -0.25) is 4.68 Å². The van der Waals surface area contributed by atoms with Crippen molar-refractivity contribution in [2.45, 2.75) is 56.7 Å². The summed E-state index contributed by atoms with van der Waals surface area (Å²) in [6, 6.07) is 9.69. The molecule has 3 aliphatic rings. The lowest BCUT2D eigenvalue weighted by molar-refractivity contribution is 0.217. The zero-order valence-electron chi connectivity index (χ0n) is 17.8. The minimum Gasteiger partial charge on any atom is -0.507 e. The smallest absolute Gasteiger partial charge is 0.154 e. The molecule has 0 saturated carbocycles. The molecule has 0 aliphatic carbocycles. The lowest BCUT2D eigenvalue weighted by atomic mass is 9.83. The zero-order valence-corrected chi connectivity index (χ0v) is 17.8. The third kappa shape index (κ3) is 3.37. The van der Waals surface area contributed by atoms with E-state index in [9.17, 15) is 5.11 Å². The van der Waals surface area contributed by atoms with Crippen LogP contribution in [0.15, 0.2) is 36.7 Å². The molecule has 2 saturated heterocycles. The molecule has 2 aromatic heterocycles. The van der Waals surface area contributed by atoms with Gasteiger partial charge in [0, 0.05) is 54.6 Å². The number of piperidine rings is 2. The Morgan fingerprint density at radius 1 is 1.06 bits per heavy atom. The summed E-state index contributed by atoms with van der Waals surface area (Å²) in [5.41, 5.74) is 4.61. The van der Waals surface area contributed by atoms with Crippen molar-refractivity contribution in [1.82, 2.24) is 25.3 Å². The molecule has 3 atom stereocenters. The molecule has 6 rings (SSSR count). The van der Waals surface area contributed by atoms with E-state index in [1.54, 1.807) is 16.9 Å². The van der Waals surface area contributed by atoms with Crippen LogP contribution in [0.4, 0.5) is 5.82 Å². The highest BCUT2D eigenvalue weighted by Gasteiger charge is 2.37. The highest BCUT2D eigenvalue weighted by molar-refractivity contribution is 5.74. The standard InChI is InChI=1S/C24H28N6O/c1-29-14-17(13-25-29)15-5-6-21(23(31)10-15)22-9-16-7-8-30(24(16)28-27-22)20-11-18-3-2-4-19(12-20)26-18/h5-6,9-10,13-14,18-20,26,31H,2-4,7-8,11-12H2,1H3/t18-,19+,20?. The summed E-state index contributed by atoms with van der Waals surface area (Å²) in [5.74, 6) is 1.26. The number of aryl methyl sites for hydroxylation is 1. The number of aromatic nitrogens is 4. The molecule has 0 amide bonds. The molecule has 7 nitrogen and oxygen atoms in total. The normalized spacial score (nSPS) is 24.9. The molecule has 3 aromatic rings. The molecule has 0 radical (unpaired) electrons. The van der Waals surface area contributed by atoms with E-state index in [2.05, 4.69) is 31.6 Å². The molecule has 0 spiro atoms. The number of nitrogens with zero attached hydrogens (tertiary/aromatic N) is 5. The first-order chi connectivity index (χ1) is 15.1. The predicted molar refractivity (Wildman–Crippen MR) is 120 cm³/mol. The summed E-state index contributed by atoms with van der Waals surface area (Å²) in [5, 5.41) is 27.9. The van der Waals surface area contributed by atoms with Crippen molar-refractivity contribution >= 4 is 5.82 Å². The molecule has 2 bridgehead atoms. The van der Waals surface area contributed by atoms with Crippen molar-refractivity contribution in [3.05, 3.63) is 42.2 Å². The highest BCUT2D eigenvalue weighted by Crippen LogP contribution is 2.37. The van der Waals surface area contributed by atoms with E-state index in [4.69, 9.17) is 0 Å². The van der Waals surface area contributed by atoms with Gasteiger partial charge in [-0.25, -0.2) is 0 Å². The van der Waals surface area contributed by atoms with E-state index in [1.807, 2.05) is 25.4 Å². The molecule has 5 heterocycles. The fourth-order valence-electron chi connectivity index (χ4n) is 5.67. The van der Waals surface area contributed by atoms with E-state index >= 15 is 0 Å². The third-order valence-electron chi connectivity index (χ3n) is 7.19. The topological polar surface area (TPSA) is 79.1 Å². The summed E-state index contributed by atoms with van der Waals surface area (Å²) in [6.45, 7) is 1.02. The number of benzene rings is 1. The van der Waals surface area contributed by atoms with Crippen LogP contribution in [0.5, 0.6) is 5.75 Å². The zero-order chi connectivity index (χ0) is 20.9. The van der Waals surface area contributed by atoms with Crippen LogP contribution in [0.1, 0.15) is 37.7 Å². The summed E-state index contributed by atoms with van der Waals surface area (Å²) in [7, 11) is 1.89. The van der Waals surface area contributed by atoms with Crippen LogP contribution in [0.25, 0.3) is 22.4 Å². The first-order valence-electron chi connectivity index (χ1n) is 11.4. The van der Waals surface area contributed by atoms with Gasteiger partial charge in [0.2, 0.25) is 0 Å². The van der Waals surface area contributed by atoms with Gasteiger partial charge in [-0.15, -0.1) is 10.2 Å². The van der Waals surface area contributed by atoms with Crippen LogP contribution >= 0.6 is 0 Å². The number of hydrogen-bond acceptors (Lipinski definition) is 6. The predicted octanol–water partition coefficient (Wildman–Crippen LogP) is 3.29. The number of hydrogen-bond donors (Lipinski definition) is 2. The van der Waals surface area contributed by atoms with Crippen LogP contribution in [0, 0.1) is 0 Å². The SMILES string of the molecule is Cn1cc(-c2ccc(-c3cc4c(nn3)N(C3C[C@H]5CCC[C@@H](C3)N5)CC4)c(O)c2)cn1. The monoisotopic (exact) mass is 416 g/mol. The second-order valence-electron chi connectivity index (χ2n) is 9.27. The Bertz CT molecular complexity index is 1110. The number of phenolic OH excluding ortho intramolecular Hbond substituents is 1. The molecule has 1 aromatic carbocycles. The van der Waals surface area contributed by atoms with Gasteiger partial charge in [0.1, 0.15) is 5.75 Å². The average molecular weight is 417 g/mol. The van der Waals surface area contributed by atoms with Crippen molar-refractivity contribution in [2.24, 2.45) is 7.05 Å². The van der Waals surface area contributed by atoms with Gasteiger partial charge in [-0.1, -0.05) is 12.5 Å². The van der Waals surface area contributed by atoms with Crippen molar-refractivity contribution in [1.29, 1.82) is 0 Å². The van der Waals surface area contributed by atoms with E-state index in [0.717, 1.165) is 41.2 Å². The number of aromatic hydroxyl groups is 1. The lowest BCUT2D eigenvalue weighted by Gasteiger charge is -2.44. The molecule has 3 aliphatic heterocycles. The Morgan fingerprint density at radius 3 is 2.65 bits per heavy atom. The summed E-state index contributed by atoms with van der Waals surface area (Å²) < 4.78 is 1.76. The van der Waals surface area contributed by atoms with Crippen LogP contribution < -0.4 is 10.2 Å². The Balaban J connectivity index is 1.26. The van der Waals surface area contributed by atoms with E-state index in [0.29, 0.717) is 18.1 Å². The van der Waals surface area contributed by atoms with Crippen molar-refractivity contribution in [3.8, 4) is 28.1 Å². The van der Waals surface area contributed by atoms with Gasteiger partial charge < -0.3 is 15.3 Å². The van der Waals surface area contributed by atoms with Gasteiger partial charge >= 0.3 is 0 Å². The average Bonchev–Trinajstić information content (AvgIpc) is 3.39. The van der Waals surface area contributed by atoms with Crippen molar-refractivity contribution in [2.75, 3.05) is 11.4 Å². The second-order valence-corrected chi connectivity index (χ2v) is 9.27. The molecule has 2 fully saturated rings. The lowest BCUT2D eigenvalue weighted by Crippen LogP contribution is -2.54. The number of anilines is 1. The number of fused-ring (bicyclic) bond motifs is 3. The molecule has 7 heteroatoms. The Hall–Kier alpha value is -2.93. The van der Waals surface area contributed by atoms with E-state index in [1.165, 1.54) is 37.7 Å². The maximum absolute atomic E-state index is 10.7. The molecule has 1 unspecified atom stereocenters. The summed E-state index contributed by atoms with van der Waals surface area (Å²) >= 11 is 0. The van der Waals surface area contributed by atoms with Gasteiger partial charge in [0.25, 0.3) is 0 Å². The quantitative estimate of drug-likeness (QED) is 0.682. The Labute approximate surface area is 182 Å². The number of nitrogens with one attached hydrogen (secondary N) is 1. The van der Waals surface area contributed by atoms with E-state index in [-0.39, 0.29) is 5.75 Å². The fourth-order valence-corrected chi connectivity index (χ4v) is 5.67. The summed E-state index contributed by atoms with van der Waals surface area (Å²) in [4.78, 5) is 2.49. The van der Waals surface area contributed by atoms with Crippen molar-refractivity contribution in [3.63, 3.8) is 0 Å². The van der Waals surface area contributed by atoms with Crippen LogP contribution in [-0.4, -0.2) is 49.8 Å². The van der Waals surface area contributed by atoms with Gasteiger partial charge in [-0.2, -0.15) is 5.10 Å². The second kappa shape index (κ2) is 7.34. The molecule has 31 heavy (non-hydrogen) atoms. The molecular formula is C24H28N6O. The maximum atomic E-state index is 10.7. The number of phenols is 1. The first-order valence-corrected chi connectivity index (χ1v) is 11.4. The largest absolute Gasteiger partial charge is 0.507 e. The molecular weight excluding hydrogens is 388 g/mol. The molecule has 160 valence electrons. The van der Waals surface area contributed by atoms with Gasteiger partial charge in [-0.05, 0) is 55.9 Å². The van der Waals surface area contributed by atoms with Gasteiger partial charge in [0.15, 0.2) is 5.82 Å². The van der Waals surface area contributed by atoms with Gasteiger partial charge in [0.05, 0.1) is 11.9 Å². The summed E-state index contributed by atoms with van der Waals surface area (Å²) in [6.07, 6.45) is 11.1. The van der Waals surface area contributed by atoms with Crippen molar-refractivity contribution < 1.29 is 5.11 Å². The third-order valence-corrected chi connectivity index (χ3v) is 7.19. The number of rotatable bonds is 3. The minimum atomic E-state index is 0.219. The maximum Gasteiger partial charge on any atom is 0.154 e. The highest BCUT2D eigenvalue weighted by atomic mass is 16.3. The fraction of sp³-hybridized carbons (Fsp3) is 0.458.